The zero-order valence-corrected chi connectivity index (χ0v) is 20.5. The number of amides is 1. The Labute approximate surface area is 213 Å². The molecule has 1 aliphatic rings. The van der Waals surface area contributed by atoms with E-state index in [-0.39, 0.29) is 11.9 Å². The molecule has 1 unspecified atom stereocenters. The standard InChI is InChI=1S/C25H25ClN8O2/c1-36-22-3-2-17(12-21(22)26)25(35)33-10-8-32(9-11-33)15-19(4-6-27)34-14-18(13-31-34)23-20-5-7-28-24(20)30-16-29-23/h2-3,5,7,12-14,16,19H,4,8-11,15H2,1H3,(H,28,29,30). The predicted octanol–water partition coefficient (Wildman–Crippen LogP) is 3.40. The third-order valence-electron chi connectivity index (χ3n) is 6.46. The van der Waals surface area contributed by atoms with Gasteiger partial charge in [0.2, 0.25) is 0 Å². The molecule has 0 bridgehead atoms. The monoisotopic (exact) mass is 504 g/mol. The summed E-state index contributed by atoms with van der Waals surface area (Å²) in [5, 5.41) is 15.4. The van der Waals surface area contributed by atoms with Gasteiger partial charge in [0.05, 0.1) is 42.6 Å². The third-order valence-corrected chi connectivity index (χ3v) is 6.75. The van der Waals surface area contributed by atoms with Crippen molar-refractivity contribution < 1.29 is 9.53 Å². The average molecular weight is 505 g/mol. The number of carbonyl (C=O) groups excluding carboxylic acids is 1. The highest BCUT2D eigenvalue weighted by atomic mass is 35.5. The van der Waals surface area contributed by atoms with Crippen molar-refractivity contribution in [3.8, 4) is 23.1 Å². The van der Waals surface area contributed by atoms with Crippen molar-refractivity contribution in [1.82, 2.24) is 34.5 Å². The number of aromatic amines is 1. The largest absolute Gasteiger partial charge is 0.495 e. The highest BCUT2D eigenvalue weighted by molar-refractivity contribution is 6.32. The van der Waals surface area contributed by atoms with E-state index >= 15 is 0 Å². The lowest BCUT2D eigenvalue weighted by molar-refractivity contribution is 0.0617. The van der Waals surface area contributed by atoms with Crippen LogP contribution in [-0.2, 0) is 0 Å². The molecule has 4 aromatic rings. The van der Waals surface area contributed by atoms with E-state index in [1.165, 1.54) is 6.33 Å². The zero-order valence-electron chi connectivity index (χ0n) is 19.8. The number of nitrogens with one attached hydrogen (secondary N) is 1. The number of nitriles is 1. The number of methoxy groups -OCH3 is 1. The molecule has 5 rings (SSSR count). The van der Waals surface area contributed by atoms with Crippen molar-refractivity contribution in [2.24, 2.45) is 0 Å². The van der Waals surface area contributed by atoms with Gasteiger partial charge in [-0.1, -0.05) is 11.6 Å². The van der Waals surface area contributed by atoms with Crippen LogP contribution in [0.4, 0.5) is 0 Å². The van der Waals surface area contributed by atoms with Gasteiger partial charge in [0, 0.05) is 61.6 Å². The highest BCUT2D eigenvalue weighted by Crippen LogP contribution is 2.27. The second-order valence-electron chi connectivity index (χ2n) is 8.63. The number of ether oxygens (including phenoxy) is 1. The van der Waals surface area contributed by atoms with Gasteiger partial charge in [-0.3, -0.25) is 14.4 Å². The molecule has 36 heavy (non-hydrogen) atoms. The highest BCUT2D eigenvalue weighted by Gasteiger charge is 2.25. The fraction of sp³-hybridized carbons (Fsp3) is 0.320. The second-order valence-corrected chi connectivity index (χ2v) is 9.04. The summed E-state index contributed by atoms with van der Waals surface area (Å²) in [6.07, 6.45) is 7.39. The van der Waals surface area contributed by atoms with Gasteiger partial charge in [-0.2, -0.15) is 10.4 Å². The Morgan fingerprint density at radius 2 is 2.08 bits per heavy atom. The number of benzene rings is 1. The Morgan fingerprint density at radius 1 is 1.25 bits per heavy atom. The van der Waals surface area contributed by atoms with Crippen LogP contribution >= 0.6 is 11.6 Å². The molecule has 0 saturated carbocycles. The van der Waals surface area contributed by atoms with Crippen LogP contribution in [0.2, 0.25) is 5.02 Å². The molecular weight excluding hydrogens is 480 g/mol. The van der Waals surface area contributed by atoms with Gasteiger partial charge in [-0.15, -0.1) is 0 Å². The minimum Gasteiger partial charge on any atom is -0.495 e. The number of rotatable bonds is 7. The predicted molar refractivity (Wildman–Crippen MR) is 135 cm³/mol. The van der Waals surface area contributed by atoms with Crippen LogP contribution in [0.15, 0.2) is 49.2 Å². The first-order valence-electron chi connectivity index (χ1n) is 11.6. The maximum absolute atomic E-state index is 13.0. The lowest BCUT2D eigenvalue weighted by Gasteiger charge is -2.36. The average Bonchev–Trinajstić information content (AvgIpc) is 3.58. The maximum Gasteiger partial charge on any atom is 0.253 e. The Balaban J connectivity index is 1.24. The van der Waals surface area contributed by atoms with Gasteiger partial charge in [0.1, 0.15) is 17.7 Å². The third kappa shape index (κ3) is 4.76. The number of carbonyl (C=O) groups is 1. The summed E-state index contributed by atoms with van der Waals surface area (Å²) in [5.74, 6) is 0.492. The lowest BCUT2D eigenvalue weighted by atomic mass is 10.1. The van der Waals surface area contributed by atoms with Crippen LogP contribution in [0.1, 0.15) is 22.8 Å². The van der Waals surface area contributed by atoms with E-state index in [0.717, 1.165) is 22.3 Å². The van der Waals surface area contributed by atoms with Crippen molar-refractivity contribution in [3.63, 3.8) is 0 Å². The van der Waals surface area contributed by atoms with E-state index in [1.807, 2.05) is 28.0 Å². The van der Waals surface area contributed by atoms with Crippen LogP contribution in [-0.4, -0.2) is 80.3 Å². The van der Waals surface area contributed by atoms with Gasteiger partial charge in [0.25, 0.3) is 5.91 Å². The SMILES string of the molecule is COc1ccc(C(=O)N2CCN(CC(CC#N)n3cc(-c4ncnc5[nH]ccc45)cn3)CC2)cc1Cl. The number of hydrogen-bond acceptors (Lipinski definition) is 7. The normalized spacial score (nSPS) is 15.1. The van der Waals surface area contributed by atoms with Crippen molar-refractivity contribution in [2.45, 2.75) is 12.5 Å². The van der Waals surface area contributed by atoms with Crippen molar-refractivity contribution in [1.29, 1.82) is 5.26 Å². The van der Waals surface area contributed by atoms with Crippen LogP contribution in [0.25, 0.3) is 22.3 Å². The van der Waals surface area contributed by atoms with Crippen LogP contribution in [0.3, 0.4) is 0 Å². The number of piperazine rings is 1. The minimum absolute atomic E-state index is 0.0505. The molecular formula is C25H25ClN8O2. The number of halogens is 1. The number of fused-ring (bicyclic) bond motifs is 1. The van der Waals surface area contributed by atoms with E-state index in [0.29, 0.717) is 55.5 Å². The van der Waals surface area contributed by atoms with Gasteiger partial charge in [0.15, 0.2) is 0 Å². The smallest absolute Gasteiger partial charge is 0.253 e. The minimum atomic E-state index is -0.116. The van der Waals surface area contributed by atoms with Crippen molar-refractivity contribution >= 4 is 28.5 Å². The van der Waals surface area contributed by atoms with Crippen molar-refractivity contribution in [3.05, 3.63) is 59.8 Å². The molecule has 1 saturated heterocycles. The van der Waals surface area contributed by atoms with Crippen LogP contribution < -0.4 is 4.74 Å². The quantitative estimate of drug-likeness (QED) is 0.410. The van der Waals surface area contributed by atoms with Gasteiger partial charge >= 0.3 is 0 Å². The Bertz CT molecular complexity index is 1420. The topological polar surface area (TPSA) is 116 Å². The molecule has 11 heteroatoms. The molecule has 4 heterocycles. The molecule has 1 N–H and O–H groups in total. The van der Waals surface area contributed by atoms with Gasteiger partial charge in [-0.05, 0) is 24.3 Å². The summed E-state index contributed by atoms with van der Waals surface area (Å²) in [5.41, 5.74) is 2.99. The van der Waals surface area contributed by atoms with Crippen LogP contribution in [0, 0.1) is 11.3 Å². The number of nitrogens with zero attached hydrogens (tertiary/aromatic N) is 7. The van der Waals surface area contributed by atoms with Crippen LogP contribution in [0.5, 0.6) is 5.75 Å². The molecule has 1 aliphatic heterocycles. The molecule has 0 aliphatic carbocycles. The van der Waals surface area contributed by atoms with Gasteiger partial charge < -0.3 is 14.6 Å². The van der Waals surface area contributed by atoms with E-state index in [1.54, 1.807) is 31.5 Å². The molecule has 0 spiro atoms. The number of H-pyrrole nitrogens is 1. The summed E-state index contributed by atoms with van der Waals surface area (Å²) in [7, 11) is 1.54. The van der Waals surface area contributed by atoms with E-state index in [2.05, 4.69) is 31.0 Å². The Morgan fingerprint density at radius 3 is 2.83 bits per heavy atom. The molecule has 1 fully saturated rings. The molecule has 1 aromatic carbocycles. The lowest BCUT2D eigenvalue weighted by Crippen LogP contribution is -2.49. The molecule has 10 nitrogen and oxygen atoms in total. The fourth-order valence-electron chi connectivity index (χ4n) is 4.52. The molecule has 1 atom stereocenters. The van der Waals surface area contributed by atoms with Crippen molar-refractivity contribution in [2.75, 3.05) is 39.8 Å². The van der Waals surface area contributed by atoms with E-state index < -0.39 is 0 Å². The Kier molecular flexibility index (Phi) is 6.84. The number of aromatic nitrogens is 5. The first-order chi connectivity index (χ1) is 17.6. The summed E-state index contributed by atoms with van der Waals surface area (Å²) >= 11 is 6.20. The number of hydrogen-bond donors (Lipinski definition) is 1. The zero-order chi connectivity index (χ0) is 25.1. The fourth-order valence-corrected chi connectivity index (χ4v) is 4.78. The first-order valence-corrected chi connectivity index (χ1v) is 12.0. The summed E-state index contributed by atoms with van der Waals surface area (Å²) in [6, 6.07) is 9.20. The molecule has 1 amide bonds. The molecule has 3 aromatic heterocycles. The summed E-state index contributed by atoms with van der Waals surface area (Å²) in [4.78, 5) is 28.8. The first kappa shape index (κ1) is 23.8. The molecule has 184 valence electrons. The summed E-state index contributed by atoms with van der Waals surface area (Å²) in [6.45, 7) is 3.27. The maximum atomic E-state index is 13.0. The Hall–Kier alpha value is -3.94. The molecule has 0 radical (unpaired) electrons. The van der Waals surface area contributed by atoms with Gasteiger partial charge in [-0.25, -0.2) is 9.97 Å². The van der Waals surface area contributed by atoms with E-state index in [9.17, 15) is 10.1 Å². The summed E-state index contributed by atoms with van der Waals surface area (Å²) < 4.78 is 7.02. The van der Waals surface area contributed by atoms with E-state index in [4.69, 9.17) is 16.3 Å². The second kappa shape index (κ2) is 10.4.